The fraction of sp³-hybridized carbons (Fsp3) is 0.923. The lowest BCUT2D eigenvalue weighted by molar-refractivity contribution is -0.0402. The first-order valence-electron chi connectivity index (χ1n) is 6.15. The largest absolute Gasteiger partial charge is 0.377 e. The van der Waals surface area contributed by atoms with Gasteiger partial charge in [-0.25, -0.2) is 0 Å². The molecule has 0 N–H and O–H groups in total. The topological polar surface area (TPSA) is 33.0 Å². The number of rotatable bonds is 4. The van der Waals surface area contributed by atoms with Crippen LogP contribution in [0, 0.1) is 27.4 Å². The molecule has 0 radical (unpaired) electrons. The van der Waals surface area contributed by atoms with Crippen LogP contribution < -0.4 is 0 Å². The van der Waals surface area contributed by atoms with Crippen LogP contribution in [0.15, 0.2) is 0 Å². The third-order valence-electron chi connectivity index (χ3n) is 5.28. The molecule has 3 unspecified atom stereocenters. The molecule has 3 atom stereocenters. The van der Waals surface area contributed by atoms with Crippen LogP contribution in [-0.2, 0) is 4.74 Å². The quantitative estimate of drug-likeness (QED) is 0.556. The van der Waals surface area contributed by atoms with Crippen molar-refractivity contribution in [3.05, 3.63) is 0 Å². The van der Waals surface area contributed by atoms with Gasteiger partial charge in [-0.1, -0.05) is 20.8 Å². The monoisotopic (exact) mass is 239 g/mol. The van der Waals surface area contributed by atoms with E-state index in [0.717, 1.165) is 18.3 Å². The number of hydrogen-bond donors (Lipinski definition) is 0. The summed E-state index contributed by atoms with van der Waals surface area (Å²) in [6.07, 6.45) is 4.32. The molecular weight excluding hydrogens is 218 g/mol. The van der Waals surface area contributed by atoms with E-state index in [9.17, 15) is 0 Å². The number of nitrogens with zero attached hydrogens (tertiary/aromatic N) is 1. The van der Waals surface area contributed by atoms with Gasteiger partial charge < -0.3 is 4.74 Å². The minimum atomic E-state index is 0.356. The van der Waals surface area contributed by atoms with Gasteiger partial charge in [0.25, 0.3) is 0 Å². The van der Waals surface area contributed by atoms with Gasteiger partial charge in [-0.05, 0) is 47.8 Å². The van der Waals surface area contributed by atoms with Crippen LogP contribution >= 0.6 is 11.8 Å². The molecule has 0 heterocycles. The highest BCUT2D eigenvalue weighted by molar-refractivity contribution is 8.03. The Hall–Kier alpha value is -0.200. The van der Waals surface area contributed by atoms with E-state index >= 15 is 0 Å². The summed E-state index contributed by atoms with van der Waals surface area (Å²) in [6.45, 7) is 7.92. The van der Waals surface area contributed by atoms with E-state index in [1.54, 1.807) is 0 Å². The van der Waals surface area contributed by atoms with Gasteiger partial charge in [-0.3, -0.25) is 0 Å². The average molecular weight is 239 g/mol. The zero-order valence-corrected chi connectivity index (χ0v) is 11.3. The van der Waals surface area contributed by atoms with Crippen LogP contribution in [0.25, 0.3) is 0 Å². The highest BCUT2D eigenvalue weighted by Gasteiger charge is 2.61. The van der Waals surface area contributed by atoms with Crippen molar-refractivity contribution in [1.29, 1.82) is 5.26 Å². The molecule has 0 aliphatic heterocycles. The highest BCUT2D eigenvalue weighted by atomic mass is 32.2. The van der Waals surface area contributed by atoms with Crippen LogP contribution in [0.5, 0.6) is 0 Å². The van der Waals surface area contributed by atoms with Crippen molar-refractivity contribution < 1.29 is 4.74 Å². The Balaban J connectivity index is 1.92. The highest BCUT2D eigenvalue weighted by Crippen LogP contribution is 2.66. The van der Waals surface area contributed by atoms with Gasteiger partial charge in [-0.15, -0.1) is 0 Å². The predicted molar refractivity (Wildman–Crippen MR) is 67.0 cm³/mol. The summed E-state index contributed by atoms with van der Waals surface area (Å²) in [5, 5.41) is 10.5. The van der Waals surface area contributed by atoms with Crippen LogP contribution in [0.3, 0.4) is 0 Å². The van der Waals surface area contributed by atoms with E-state index in [4.69, 9.17) is 10.00 Å². The van der Waals surface area contributed by atoms with Crippen molar-refractivity contribution in [2.75, 3.05) is 12.4 Å². The Bertz CT molecular complexity index is 310. The summed E-state index contributed by atoms with van der Waals surface area (Å²) in [7, 11) is 0. The lowest BCUT2D eigenvalue weighted by Gasteiger charge is -2.38. The summed E-state index contributed by atoms with van der Waals surface area (Å²) in [5.74, 6) is 1.64. The Morgan fingerprint density at radius 3 is 2.69 bits per heavy atom. The van der Waals surface area contributed by atoms with Crippen molar-refractivity contribution in [3.63, 3.8) is 0 Å². The number of nitriles is 1. The summed E-state index contributed by atoms with van der Waals surface area (Å²) >= 11 is 1.29. The van der Waals surface area contributed by atoms with Crippen molar-refractivity contribution in [1.82, 2.24) is 0 Å². The molecule has 0 aromatic rings. The third kappa shape index (κ3) is 1.67. The lowest BCUT2D eigenvalue weighted by Crippen LogP contribution is -2.37. The average Bonchev–Trinajstić information content (AvgIpc) is 2.57. The molecule has 2 rings (SSSR count). The molecule has 16 heavy (non-hydrogen) atoms. The molecule has 0 aromatic heterocycles. The molecule has 2 aliphatic carbocycles. The molecule has 90 valence electrons. The van der Waals surface area contributed by atoms with Crippen molar-refractivity contribution >= 4 is 11.8 Å². The molecular formula is C13H21NOS. The van der Waals surface area contributed by atoms with Gasteiger partial charge in [0.15, 0.2) is 0 Å². The number of ether oxygens (including phenoxy) is 1. The molecule has 2 bridgehead atoms. The zero-order chi connectivity index (χ0) is 11.8. The molecule has 0 amide bonds. The SMILES string of the molecule is CC1(C)C2CCC1(C)C(OCCSC#N)C2. The summed E-state index contributed by atoms with van der Waals surface area (Å²) in [6, 6.07) is 0. The Morgan fingerprint density at radius 2 is 2.19 bits per heavy atom. The fourth-order valence-corrected chi connectivity index (χ4v) is 3.93. The summed E-state index contributed by atoms with van der Waals surface area (Å²) < 4.78 is 6.01. The standard InChI is InChI=1S/C13H21NOS/c1-12(2)10-4-5-13(12,3)11(8-10)15-6-7-16-9-14/h10-11H,4-8H2,1-3H3. The van der Waals surface area contributed by atoms with E-state index in [1.807, 2.05) is 0 Å². The Morgan fingerprint density at radius 1 is 1.44 bits per heavy atom. The number of fused-ring (bicyclic) bond motifs is 2. The number of thiocyanates is 1. The van der Waals surface area contributed by atoms with Gasteiger partial charge in [0, 0.05) is 5.75 Å². The van der Waals surface area contributed by atoms with E-state index in [2.05, 4.69) is 26.2 Å². The van der Waals surface area contributed by atoms with Gasteiger partial charge in [-0.2, -0.15) is 5.26 Å². The lowest BCUT2D eigenvalue weighted by atomic mass is 9.70. The molecule has 2 aliphatic rings. The van der Waals surface area contributed by atoms with Gasteiger partial charge in [0.05, 0.1) is 12.7 Å². The smallest absolute Gasteiger partial charge is 0.133 e. The summed E-state index contributed by atoms with van der Waals surface area (Å²) in [5.41, 5.74) is 0.787. The maximum atomic E-state index is 8.45. The zero-order valence-electron chi connectivity index (χ0n) is 10.5. The van der Waals surface area contributed by atoms with Crippen molar-refractivity contribution in [3.8, 4) is 5.40 Å². The minimum absolute atomic E-state index is 0.356. The second-order valence-electron chi connectivity index (χ2n) is 5.91. The second kappa shape index (κ2) is 4.23. The maximum absolute atomic E-state index is 8.45. The number of hydrogen-bond acceptors (Lipinski definition) is 3. The first-order valence-corrected chi connectivity index (χ1v) is 7.13. The van der Waals surface area contributed by atoms with E-state index < -0.39 is 0 Å². The molecule has 3 heteroatoms. The Labute approximate surface area is 103 Å². The van der Waals surface area contributed by atoms with Crippen LogP contribution in [0.2, 0.25) is 0 Å². The molecule has 2 nitrogen and oxygen atoms in total. The van der Waals surface area contributed by atoms with Gasteiger partial charge in [0.1, 0.15) is 5.40 Å². The first-order chi connectivity index (χ1) is 7.52. The van der Waals surface area contributed by atoms with Crippen molar-refractivity contribution in [2.24, 2.45) is 16.7 Å². The molecule has 0 spiro atoms. The number of thioether (sulfide) groups is 1. The Kier molecular flexibility index (Phi) is 3.25. The molecule has 0 saturated heterocycles. The van der Waals surface area contributed by atoms with E-state index in [0.29, 0.717) is 16.9 Å². The maximum Gasteiger partial charge on any atom is 0.133 e. The van der Waals surface area contributed by atoms with E-state index in [-0.39, 0.29) is 0 Å². The van der Waals surface area contributed by atoms with Crippen molar-refractivity contribution in [2.45, 2.75) is 46.1 Å². The van der Waals surface area contributed by atoms with Gasteiger partial charge >= 0.3 is 0 Å². The van der Waals surface area contributed by atoms with Crippen LogP contribution in [0.1, 0.15) is 40.0 Å². The van der Waals surface area contributed by atoms with E-state index in [1.165, 1.54) is 31.0 Å². The molecule has 2 saturated carbocycles. The van der Waals surface area contributed by atoms with Gasteiger partial charge in [0.2, 0.25) is 0 Å². The predicted octanol–water partition coefficient (Wildman–Crippen LogP) is 3.43. The minimum Gasteiger partial charge on any atom is -0.377 e. The fourth-order valence-electron chi connectivity index (χ4n) is 3.66. The molecule has 0 aromatic carbocycles. The third-order valence-corrected chi connectivity index (χ3v) is 5.78. The van der Waals surface area contributed by atoms with Crippen LogP contribution in [-0.4, -0.2) is 18.5 Å². The second-order valence-corrected chi connectivity index (χ2v) is 6.79. The summed E-state index contributed by atoms with van der Waals surface area (Å²) in [4.78, 5) is 0. The normalized spacial score (nSPS) is 39.9. The first kappa shape index (κ1) is 12.3. The molecule has 2 fully saturated rings. The van der Waals surface area contributed by atoms with Crippen LogP contribution in [0.4, 0.5) is 0 Å².